The van der Waals surface area contributed by atoms with Gasteiger partial charge in [0, 0.05) is 16.3 Å². The van der Waals surface area contributed by atoms with E-state index in [2.05, 4.69) is 5.32 Å². The number of anilines is 1. The van der Waals surface area contributed by atoms with Crippen LogP contribution in [0.25, 0.3) is 0 Å². The normalized spacial score (nSPS) is 9.74. The molecule has 0 heterocycles. The molecule has 0 bridgehead atoms. The van der Waals surface area contributed by atoms with Crippen molar-refractivity contribution in [1.29, 1.82) is 5.26 Å². The van der Waals surface area contributed by atoms with Crippen molar-refractivity contribution in [3.05, 3.63) is 64.2 Å². The van der Waals surface area contributed by atoms with E-state index in [1.165, 1.54) is 0 Å². The molecule has 0 saturated carbocycles. The summed E-state index contributed by atoms with van der Waals surface area (Å²) in [5.74, 6) is -0.218. The van der Waals surface area contributed by atoms with E-state index in [1.807, 2.05) is 13.0 Å². The van der Waals surface area contributed by atoms with Crippen LogP contribution in [0.1, 0.15) is 21.5 Å². The van der Waals surface area contributed by atoms with Crippen LogP contribution in [0, 0.1) is 18.3 Å². The van der Waals surface area contributed by atoms with Crippen LogP contribution in [0.4, 0.5) is 5.69 Å². The van der Waals surface area contributed by atoms with E-state index in [0.717, 1.165) is 5.56 Å². The number of halogens is 1. The first-order valence-electron chi connectivity index (χ1n) is 5.68. The van der Waals surface area contributed by atoms with E-state index >= 15 is 0 Å². The lowest BCUT2D eigenvalue weighted by Gasteiger charge is -2.08. The minimum atomic E-state index is -0.218. The highest BCUT2D eigenvalue weighted by molar-refractivity contribution is 6.30. The second-order valence-electron chi connectivity index (χ2n) is 4.11. The highest BCUT2D eigenvalue weighted by atomic mass is 35.5. The Balaban J connectivity index is 2.23. The number of hydrogen-bond acceptors (Lipinski definition) is 2. The zero-order valence-electron chi connectivity index (χ0n) is 10.3. The number of nitrogens with one attached hydrogen (secondary N) is 1. The summed E-state index contributed by atoms with van der Waals surface area (Å²) in [6.45, 7) is 1.83. The first-order chi connectivity index (χ1) is 9.10. The molecule has 94 valence electrons. The quantitative estimate of drug-likeness (QED) is 0.903. The maximum atomic E-state index is 12.1. The Morgan fingerprint density at radius 1 is 1.26 bits per heavy atom. The summed E-state index contributed by atoms with van der Waals surface area (Å²) < 4.78 is 0. The summed E-state index contributed by atoms with van der Waals surface area (Å²) in [5.41, 5.74) is 2.47. The molecule has 0 spiro atoms. The molecule has 0 aliphatic heterocycles. The van der Waals surface area contributed by atoms with Gasteiger partial charge in [-0.1, -0.05) is 17.7 Å². The van der Waals surface area contributed by atoms with Crippen molar-refractivity contribution in [3.8, 4) is 6.07 Å². The Bertz CT molecular complexity index is 674. The number of nitriles is 1. The number of hydrogen-bond donors (Lipinski definition) is 1. The van der Waals surface area contributed by atoms with Gasteiger partial charge < -0.3 is 5.32 Å². The minimum Gasteiger partial charge on any atom is -0.322 e. The third-order valence-corrected chi connectivity index (χ3v) is 2.92. The van der Waals surface area contributed by atoms with Crippen molar-refractivity contribution in [2.24, 2.45) is 0 Å². The van der Waals surface area contributed by atoms with Crippen molar-refractivity contribution in [3.63, 3.8) is 0 Å². The van der Waals surface area contributed by atoms with Crippen molar-refractivity contribution in [2.45, 2.75) is 6.92 Å². The van der Waals surface area contributed by atoms with Crippen molar-refractivity contribution in [1.82, 2.24) is 0 Å². The van der Waals surface area contributed by atoms with Gasteiger partial charge in [0.2, 0.25) is 0 Å². The standard InChI is InChI=1S/C15H11ClN2O/c1-10-7-12(16)5-6-14(10)15(19)18-13-4-2-3-11(8-13)9-17/h2-8H,1H3,(H,18,19). The summed E-state index contributed by atoms with van der Waals surface area (Å²) in [7, 11) is 0. The van der Waals surface area contributed by atoms with Crippen LogP contribution in [-0.4, -0.2) is 5.91 Å². The molecular formula is C15H11ClN2O. The number of carbonyl (C=O) groups is 1. The molecule has 0 fully saturated rings. The predicted molar refractivity (Wildman–Crippen MR) is 75.3 cm³/mol. The van der Waals surface area contributed by atoms with E-state index < -0.39 is 0 Å². The van der Waals surface area contributed by atoms with Crippen LogP contribution in [0.15, 0.2) is 42.5 Å². The van der Waals surface area contributed by atoms with Crippen LogP contribution in [0.3, 0.4) is 0 Å². The Hall–Kier alpha value is -2.31. The third kappa shape index (κ3) is 3.12. The van der Waals surface area contributed by atoms with Crippen molar-refractivity contribution < 1.29 is 4.79 Å². The molecule has 0 aromatic heterocycles. The lowest BCUT2D eigenvalue weighted by Crippen LogP contribution is -2.13. The molecule has 2 rings (SSSR count). The van der Waals surface area contributed by atoms with Crippen LogP contribution in [-0.2, 0) is 0 Å². The average Bonchev–Trinajstić information content (AvgIpc) is 2.38. The largest absolute Gasteiger partial charge is 0.322 e. The van der Waals surface area contributed by atoms with E-state index in [-0.39, 0.29) is 5.91 Å². The van der Waals surface area contributed by atoms with E-state index in [0.29, 0.717) is 21.8 Å². The zero-order valence-corrected chi connectivity index (χ0v) is 11.0. The molecule has 4 heteroatoms. The minimum absolute atomic E-state index is 0.218. The molecule has 2 aromatic rings. The first kappa shape index (κ1) is 13.1. The smallest absolute Gasteiger partial charge is 0.255 e. The predicted octanol–water partition coefficient (Wildman–Crippen LogP) is 3.77. The monoisotopic (exact) mass is 270 g/mol. The highest BCUT2D eigenvalue weighted by Gasteiger charge is 2.09. The lowest BCUT2D eigenvalue weighted by atomic mass is 10.1. The maximum absolute atomic E-state index is 12.1. The number of benzene rings is 2. The summed E-state index contributed by atoms with van der Waals surface area (Å²) in [6.07, 6.45) is 0. The van der Waals surface area contributed by atoms with E-state index in [1.54, 1.807) is 42.5 Å². The second-order valence-corrected chi connectivity index (χ2v) is 4.54. The SMILES string of the molecule is Cc1cc(Cl)ccc1C(=O)Nc1cccc(C#N)c1. The molecule has 0 aliphatic rings. The molecule has 19 heavy (non-hydrogen) atoms. The Labute approximate surface area is 116 Å². The molecule has 0 atom stereocenters. The van der Waals surface area contributed by atoms with Gasteiger partial charge in [-0.2, -0.15) is 5.26 Å². The van der Waals surface area contributed by atoms with Crippen LogP contribution < -0.4 is 5.32 Å². The lowest BCUT2D eigenvalue weighted by molar-refractivity contribution is 0.102. The van der Waals surface area contributed by atoms with Crippen LogP contribution in [0.2, 0.25) is 5.02 Å². The van der Waals surface area contributed by atoms with Gasteiger partial charge in [-0.15, -0.1) is 0 Å². The summed E-state index contributed by atoms with van der Waals surface area (Å²) >= 11 is 5.85. The fourth-order valence-electron chi connectivity index (χ4n) is 1.75. The second kappa shape index (κ2) is 5.55. The number of aryl methyl sites for hydroxylation is 1. The van der Waals surface area contributed by atoms with Gasteiger partial charge in [0.05, 0.1) is 11.6 Å². The molecule has 0 unspecified atom stereocenters. The van der Waals surface area contributed by atoms with Crippen molar-refractivity contribution in [2.75, 3.05) is 5.32 Å². The third-order valence-electron chi connectivity index (χ3n) is 2.68. The molecule has 2 aromatic carbocycles. The van der Waals surface area contributed by atoms with Crippen molar-refractivity contribution >= 4 is 23.2 Å². The Morgan fingerprint density at radius 2 is 2.05 bits per heavy atom. The van der Waals surface area contributed by atoms with Gasteiger partial charge in [-0.05, 0) is 48.9 Å². The fourth-order valence-corrected chi connectivity index (χ4v) is 1.97. The molecule has 0 aliphatic carbocycles. The molecule has 0 saturated heterocycles. The molecule has 3 nitrogen and oxygen atoms in total. The number of rotatable bonds is 2. The van der Waals surface area contributed by atoms with Gasteiger partial charge in [-0.3, -0.25) is 4.79 Å². The number of nitrogens with zero attached hydrogens (tertiary/aromatic N) is 1. The molecular weight excluding hydrogens is 260 g/mol. The topological polar surface area (TPSA) is 52.9 Å². The number of carbonyl (C=O) groups excluding carboxylic acids is 1. The van der Waals surface area contributed by atoms with Crippen LogP contribution >= 0.6 is 11.6 Å². The fraction of sp³-hybridized carbons (Fsp3) is 0.0667. The zero-order chi connectivity index (χ0) is 13.8. The Kier molecular flexibility index (Phi) is 3.84. The maximum Gasteiger partial charge on any atom is 0.255 e. The van der Waals surface area contributed by atoms with Gasteiger partial charge in [0.1, 0.15) is 0 Å². The summed E-state index contributed by atoms with van der Waals surface area (Å²) in [6, 6.07) is 13.9. The van der Waals surface area contributed by atoms with Crippen LogP contribution in [0.5, 0.6) is 0 Å². The van der Waals surface area contributed by atoms with Gasteiger partial charge in [0.25, 0.3) is 5.91 Å². The van der Waals surface area contributed by atoms with E-state index in [9.17, 15) is 4.79 Å². The van der Waals surface area contributed by atoms with Gasteiger partial charge >= 0.3 is 0 Å². The van der Waals surface area contributed by atoms with Gasteiger partial charge in [0.15, 0.2) is 0 Å². The highest BCUT2D eigenvalue weighted by Crippen LogP contribution is 2.17. The van der Waals surface area contributed by atoms with Gasteiger partial charge in [-0.25, -0.2) is 0 Å². The summed E-state index contributed by atoms with van der Waals surface area (Å²) in [4.78, 5) is 12.1. The average molecular weight is 271 g/mol. The Morgan fingerprint density at radius 3 is 2.74 bits per heavy atom. The first-order valence-corrected chi connectivity index (χ1v) is 6.05. The van der Waals surface area contributed by atoms with E-state index in [4.69, 9.17) is 16.9 Å². The molecule has 1 amide bonds. The number of amides is 1. The summed E-state index contributed by atoms with van der Waals surface area (Å²) in [5, 5.41) is 12.2. The molecule has 1 N–H and O–H groups in total. The molecule has 0 radical (unpaired) electrons.